The van der Waals surface area contributed by atoms with E-state index in [1.807, 2.05) is 24.3 Å². The van der Waals surface area contributed by atoms with Gasteiger partial charge in [-0.15, -0.1) is 184 Å². The number of nitrogens with one attached hydrogen (secondary N) is 16. The van der Waals surface area contributed by atoms with Crippen molar-refractivity contribution >= 4 is 0 Å². The first-order valence-electron chi connectivity index (χ1n) is 35.2. The van der Waals surface area contributed by atoms with E-state index < -0.39 is 0 Å². The third-order valence-corrected chi connectivity index (χ3v) is 15.0. The molecule has 0 atom stereocenters. The molecule has 0 radical (unpaired) electrons. The molecule has 0 fully saturated rings. The van der Waals surface area contributed by atoms with Gasteiger partial charge in [0.1, 0.15) is 35.4 Å². The number of aromatic amines is 16. The van der Waals surface area contributed by atoms with E-state index in [0.29, 0.717) is 127 Å². The first kappa shape index (κ1) is 79.0. The van der Waals surface area contributed by atoms with Crippen molar-refractivity contribution < 1.29 is 0 Å². The Labute approximate surface area is 699 Å². The van der Waals surface area contributed by atoms with E-state index in [0.717, 1.165) is 22.5 Å². The summed E-state index contributed by atoms with van der Waals surface area (Å²) >= 11 is 0. The highest BCUT2D eigenvalue weighted by molar-refractivity contribution is 5.56. The molecule has 0 saturated heterocycles. The molecule has 24 rings (SSSR count). The third kappa shape index (κ3) is 20.3. The average Bonchev–Trinajstić information content (AvgIpc) is 1.84. The lowest BCUT2D eigenvalue weighted by atomic mass is 10.3. The van der Waals surface area contributed by atoms with Crippen molar-refractivity contribution in [1.29, 1.82) is 0 Å². The van der Waals surface area contributed by atoms with Gasteiger partial charge in [-0.05, 0) is 46.8 Å². The van der Waals surface area contributed by atoms with Crippen LogP contribution in [-0.2, 0) is 0 Å². The van der Waals surface area contributed by atoms with Crippen LogP contribution >= 0.6 is 0 Å². The Balaban J connectivity index is 0.000000103. The van der Waals surface area contributed by atoms with Crippen molar-refractivity contribution in [2.24, 2.45) is 0 Å². The SMILES string of the molecule is c1c[nH]c(-c2nnc(-c3ccc[nH]3)nn2)c1.c1c[nH]c(-c2nnc(-c3ncc[nH]3)nn2)n1.c1cc(-c2nnc(-c3ccn[nH]3)nn2)[nH]n1.c1n[nH]c(-c2nnc(-c3ncn[nH]3)nn2)n1.c1n[nH]cc1-c1nnc(-c2cn[nH]c2)nn1.c1n[nH]nc1-c1nnc(-c2cn[nH]n2)nn1.c1ncc(-c2nnc(-c3cnc[nH]3)nn2)[nH]1.n1nc(-c2nnc(-c3nn[nH]n3)nn2)n[nH]1. The molecule has 0 aliphatic heterocycles. The van der Waals surface area contributed by atoms with E-state index in [-0.39, 0.29) is 34.9 Å². The second kappa shape index (κ2) is 39.6. The van der Waals surface area contributed by atoms with Gasteiger partial charge in [0.2, 0.25) is 105 Å². The quantitative estimate of drug-likeness (QED) is 0.0452. The monoisotopic (exact) mass is 1720 g/mol. The maximum atomic E-state index is 4.00. The normalized spacial score (nSPS) is 10.5. The molecular formula is C58H42N70. The van der Waals surface area contributed by atoms with Gasteiger partial charge < -0.3 is 29.9 Å². The minimum absolute atomic E-state index is 0.154. The summed E-state index contributed by atoms with van der Waals surface area (Å²) in [7, 11) is 0. The Bertz CT molecular complexity index is 5290. The molecule has 0 aliphatic rings. The predicted octanol–water partition coefficient (Wildman–Crippen LogP) is -3.26. The Morgan fingerprint density at radius 3 is 0.859 bits per heavy atom. The van der Waals surface area contributed by atoms with Crippen LogP contribution in [0.3, 0.4) is 0 Å². The molecule has 0 bridgehead atoms. The Morgan fingerprint density at radius 2 is 0.570 bits per heavy atom. The van der Waals surface area contributed by atoms with E-state index >= 15 is 0 Å². The molecule has 24 aromatic rings. The fraction of sp³-hybridized carbons (Fsp3) is 0. The molecule has 24 aromatic heterocycles. The van der Waals surface area contributed by atoms with Gasteiger partial charge in [0.25, 0.3) is 0 Å². The summed E-state index contributed by atoms with van der Waals surface area (Å²) in [6.07, 6.45) is 31.9. The summed E-state index contributed by atoms with van der Waals surface area (Å²) in [5, 5.41) is 209. The predicted molar refractivity (Wildman–Crippen MR) is 409 cm³/mol. The standard InChI is InChI=1S/C10H8N6.4C8H6N8.2C6H4N10.C4H2N12/c1-3-7(11-5-1)9-13-15-10(16-14-9)8-4-2-6-12-8;1-5(11-3-9-1)7-13-15-8(16-14-7)6-2-10-4-12-6;1-5(2-10-9-1)7-13-15-8(16-14-7)6-3-11-12-4-6;1-3-9-11-5(1)7-13-15-8(16-14-7)6-2-4-10-12-6;1-2-10-5(9-1)7-13-15-8(16-14-7)6-11-3-4-12-6;1-7-3(11-9-1)5-13-15-6(16-14-5)4-8-2-10-12-4;1-3(9-15-7-1)5-11-13-6(14-12-5)4-2-8-16-10-4;5-1(3-9-13-14-10-3)6-8-2(7-5)4-11-15-16-12-4/h1-6,11-12H;1-4H,(H,9,11)(H,10,12);1-4H,(H,9,10)(H,11,12);1-4H,(H,9,11)(H,10,12);1-4H,(H,9,10)(H,11,12);1-2H,(H,7,9,11)(H,8,10,12);1-2H,(H,7,9,15)(H,8,10,16);(H,9,10,13,14)(H,11,12,15,16). The first-order valence-corrected chi connectivity index (χ1v) is 35.2. The zero-order valence-corrected chi connectivity index (χ0v) is 63.2. The summed E-state index contributed by atoms with van der Waals surface area (Å²) in [5.74, 6) is 7.86. The molecule has 0 spiro atoms. The third-order valence-electron chi connectivity index (χ3n) is 15.0. The van der Waals surface area contributed by atoms with Crippen molar-refractivity contribution in [3.8, 4) is 185 Å². The number of nitrogens with zero attached hydrogens (tertiary/aromatic N) is 54. The van der Waals surface area contributed by atoms with Crippen molar-refractivity contribution in [2.75, 3.05) is 0 Å². The van der Waals surface area contributed by atoms with E-state index in [1.165, 1.54) is 25.0 Å². The fourth-order valence-corrected chi connectivity index (χ4v) is 9.21. The summed E-state index contributed by atoms with van der Waals surface area (Å²) in [5.41, 5.74) is 6.77. The van der Waals surface area contributed by atoms with Crippen molar-refractivity contribution in [3.05, 3.63) is 161 Å². The van der Waals surface area contributed by atoms with Gasteiger partial charge in [-0.1, -0.05) is 0 Å². The highest BCUT2D eigenvalue weighted by Crippen LogP contribution is 2.19. The molecule has 70 nitrogen and oxygen atoms in total. The van der Waals surface area contributed by atoms with Crippen molar-refractivity contribution in [3.63, 3.8) is 0 Å². The van der Waals surface area contributed by atoms with Crippen LogP contribution in [0.2, 0.25) is 0 Å². The van der Waals surface area contributed by atoms with Gasteiger partial charge in [-0.2, -0.15) is 71.8 Å². The van der Waals surface area contributed by atoms with Gasteiger partial charge in [-0.25, -0.2) is 29.9 Å². The summed E-state index contributed by atoms with van der Waals surface area (Å²) < 4.78 is 0. The Morgan fingerprint density at radius 1 is 0.211 bits per heavy atom. The van der Waals surface area contributed by atoms with Crippen LogP contribution in [0.1, 0.15) is 0 Å². The van der Waals surface area contributed by atoms with Crippen LogP contribution < -0.4 is 0 Å². The van der Waals surface area contributed by atoms with Crippen molar-refractivity contribution in [1.82, 2.24) is 356 Å². The second-order valence-corrected chi connectivity index (χ2v) is 23.1. The number of imidazole rings is 4. The zero-order valence-electron chi connectivity index (χ0n) is 63.2. The molecule has 0 unspecified atom stereocenters. The maximum Gasteiger partial charge on any atom is 0.245 e. The number of H-pyrrole nitrogens is 16. The minimum Gasteiger partial charge on any atom is -0.359 e. The lowest BCUT2D eigenvalue weighted by molar-refractivity contribution is 0.851. The first-order chi connectivity index (χ1) is 63.5. The van der Waals surface area contributed by atoms with Gasteiger partial charge in [0.05, 0.1) is 72.4 Å². The van der Waals surface area contributed by atoms with Crippen LogP contribution in [0.4, 0.5) is 0 Å². The maximum absolute atomic E-state index is 4.00. The Kier molecular flexibility index (Phi) is 24.4. The van der Waals surface area contributed by atoms with Gasteiger partial charge in [0, 0.05) is 62.0 Å². The lowest BCUT2D eigenvalue weighted by Gasteiger charge is -1.96. The highest BCUT2D eigenvalue weighted by Gasteiger charge is 2.18. The number of rotatable bonds is 16. The molecule has 24 heterocycles. The molecule has 0 aliphatic carbocycles. The molecule has 0 aromatic carbocycles. The molecule has 128 heavy (non-hydrogen) atoms. The van der Waals surface area contributed by atoms with Crippen LogP contribution in [0, 0.1) is 0 Å². The van der Waals surface area contributed by atoms with Gasteiger partial charge in [-0.3, -0.25) is 30.6 Å². The molecule has 0 amide bonds. The van der Waals surface area contributed by atoms with Crippen LogP contribution in [0.5, 0.6) is 0 Å². The molecular weight excluding hydrogens is 1680 g/mol. The Hall–Kier alpha value is -21.5. The van der Waals surface area contributed by atoms with Crippen LogP contribution in [-0.4, -0.2) is 356 Å². The number of hydrogen-bond donors (Lipinski definition) is 16. The smallest absolute Gasteiger partial charge is 0.245 e. The average molecular weight is 1720 g/mol. The van der Waals surface area contributed by atoms with E-state index in [4.69, 9.17) is 0 Å². The number of hydrogen-bond acceptors (Lipinski definition) is 54. The number of tetrazole rings is 2. The minimum atomic E-state index is 0.154. The van der Waals surface area contributed by atoms with Crippen LogP contribution in [0.15, 0.2) is 161 Å². The molecule has 70 heteroatoms. The topological polar surface area (TPSA) is 949 Å². The number of aromatic nitrogens is 70. The van der Waals surface area contributed by atoms with E-state index in [9.17, 15) is 0 Å². The van der Waals surface area contributed by atoms with Crippen molar-refractivity contribution in [2.45, 2.75) is 0 Å². The summed E-state index contributed by atoms with van der Waals surface area (Å²) in [6.45, 7) is 0. The van der Waals surface area contributed by atoms with Gasteiger partial charge >= 0.3 is 0 Å². The molecule has 624 valence electrons. The molecule has 0 saturated carbocycles. The highest BCUT2D eigenvalue weighted by atomic mass is 15.5. The zero-order chi connectivity index (χ0) is 86.4. The molecule has 16 N–H and O–H groups in total. The second-order valence-electron chi connectivity index (χ2n) is 23.1. The van der Waals surface area contributed by atoms with E-state index in [1.54, 1.807) is 112 Å². The van der Waals surface area contributed by atoms with Crippen LogP contribution in [0.25, 0.3) is 185 Å². The summed E-state index contributed by atoms with van der Waals surface area (Å²) in [6, 6.07) is 11.0. The fourth-order valence-electron chi connectivity index (χ4n) is 9.21. The summed E-state index contributed by atoms with van der Waals surface area (Å²) in [4.78, 5) is 40.9. The van der Waals surface area contributed by atoms with Gasteiger partial charge in [0.15, 0.2) is 34.7 Å². The van der Waals surface area contributed by atoms with E-state index in [2.05, 4.69) is 356 Å². The largest absolute Gasteiger partial charge is 0.359 e. The lowest BCUT2D eigenvalue weighted by Crippen LogP contribution is -2.01.